The summed E-state index contributed by atoms with van der Waals surface area (Å²) in [4.78, 5) is -0.191. The van der Waals surface area contributed by atoms with Crippen LogP contribution >= 0.6 is 22.3 Å². The highest BCUT2D eigenvalue weighted by Crippen LogP contribution is 2.31. The molecule has 0 aromatic heterocycles. The van der Waals surface area contributed by atoms with Gasteiger partial charge < -0.3 is 4.74 Å². The molecule has 1 rings (SSSR count). The molecule has 120 valence electrons. The number of halogens is 2. The van der Waals surface area contributed by atoms with Crippen molar-refractivity contribution in [2.45, 2.75) is 18.7 Å². The van der Waals surface area contributed by atoms with Crippen LogP contribution < -0.4 is 4.72 Å². The van der Waals surface area contributed by atoms with Gasteiger partial charge in [-0.05, 0) is 31.5 Å². The van der Waals surface area contributed by atoms with Gasteiger partial charge in [0.25, 0.3) is 9.05 Å². The summed E-state index contributed by atoms with van der Waals surface area (Å²) in [5.74, 6) is -0.230. The van der Waals surface area contributed by atoms with Crippen LogP contribution in [0.1, 0.15) is 12.5 Å². The maximum Gasteiger partial charge on any atom is 0.261 e. The predicted octanol–water partition coefficient (Wildman–Crippen LogP) is 2.35. The lowest BCUT2D eigenvalue weighted by molar-refractivity contribution is 0.163. The van der Waals surface area contributed by atoms with E-state index in [1.165, 1.54) is 13.0 Å². The van der Waals surface area contributed by atoms with Crippen LogP contribution in [-0.4, -0.2) is 35.8 Å². The fourth-order valence-electron chi connectivity index (χ4n) is 1.50. The number of hydrogen-bond donors (Lipinski definition) is 1. The average molecular weight is 376 g/mol. The van der Waals surface area contributed by atoms with E-state index < -0.39 is 19.1 Å². The van der Waals surface area contributed by atoms with E-state index in [1.807, 2.05) is 0 Å². The number of ether oxygens (including phenoxy) is 1. The standard InChI is InChI=1S/C11H15Cl2NO5S2/c1-3-19-4-5-20(15,16)14-11-8(2)6-9(7-10(11)12)21(13,17)18/h6-7,14H,3-5H2,1-2H3. The summed E-state index contributed by atoms with van der Waals surface area (Å²) in [6.07, 6.45) is 0. The fraction of sp³-hybridized carbons (Fsp3) is 0.455. The van der Waals surface area contributed by atoms with Crippen LogP contribution in [0.3, 0.4) is 0 Å². The molecule has 0 radical (unpaired) electrons. The van der Waals surface area contributed by atoms with Crippen LogP contribution in [0.5, 0.6) is 0 Å². The molecule has 0 atom stereocenters. The third-order valence-electron chi connectivity index (χ3n) is 2.50. The van der Waals surface area contributed by atoms with Crippen molar-refractivity contribution in [1.82, 2.24) is 0 Å². The van der Waals surface area contributed by atoms with Crippen LogP contribution in [-0.2, 0) is 23.8 Å². The van der Waals surface area contributed by atoms with Gasteiger partial charge in [0.2, 0.25) is 10.0 Å². The molecular formula is C11H15Cl2NO5S2. The van der Waals surface area contributed by atoms with Gasteiger partial charge in [0, 0.05) is 17.3 Å². The minimum Gasteiger partial charge on any atom is -0.381 e. The molecular weight excluding hydrogens is 361 g/mol. The molecule has 0 saturated heterocycles. The third kappa shape index (κ3) is 5.63. The highest BCUT2D eigenvalue weighted by molar-refractivity contribution is 8.13. The second-order valence-corrected chi connectivity index (χ2v) is 8.97. The van der Waals surface area contributed by atoms with E-state index in [4.69, 9.17) is 27.0 Å². The molecule has 0 heterocycles. The van der Waals surface area contributed by atoms with Crippen molar-refractivity contribution in [2.75, 3.05) is 23.7 Å². The molecule has 1 aromatic rings. The third-order valence-corrected chi connectivity index (χ3v) is 5.35. The highest BCUT2D eigenvalue weighted by Gasteiger charge is 2.18. The minimum atomic E-state index is -3.94. The summed E-state index contributed by atoms with van der Waals surface area (Å²) in [7, 11) is -2.35. The Balaban J connectivity index is 3.05. The molecule has 0 aliphatic carbocycles. The van der Waals surface area contributed by atoms with E-state index in [-0.39, 0.29) is 28.0 Å². The van der Waals surface area contributed by atoms with E-state index in [9.17, 15) is 16.8 Å². The number of benzene rings is 1. The lowest BCUT2D eigenvalue weighted by Crippen LogP contribution is -2.21. The summed E-state index contributed by atoms with van der Waals surface area (Å²) in [6, 6.07) is 2.34. The van der Waals surface area contributed by atoms with Crippen molar-refractivity contribution >= 4 is 47.0 Å². The van der Waals surface area contributed by atoms with Gasteiger partial charge in [-0.2, -0.15) is 0 Å². The van der Waals surface area contributed by atoms with Crippen molar-refractivity contribution in [3.05, 3.63) is 22.7 Å². The Morgan fingerprint density at radius 3 is 2.33 bits per heavy atom. The van der Waals surface area contributed by atoms with Crippen molar-refractivity contribution in [3.63, 3.8) is 0 Å². The van der Waals surface area contributed by atoms with Crippen LogP contribution in [0.2, 0.25) is 5.02 Å². The summed E-state index contributed by atoms with van der Waals surface area (Å²) >= 11 is 5.93. The molecule has 1 N–H and O–H groups in total. The Kier molecular flexibility index (Phi) is 6.30. The Labute approximate surface area is 133 Å². The van der Waals surface area contributed by atoms with Crippen molar-refractivity contribution in [2.24, 2.45) is 0 Å². The Hall–Kier alpha value is -0.540. The molecule has 0 spiro atoms. The van der Waals surface area contributed by atoms with E-state index in [2.05, 4.69) is 4.72 Å². The topological polar surface area (TPSA) is 89.5 Å². The number of hydrogen-bond acceptors (Lipinski definition) is 5. The summed E-state index contributed by atoms with van der Waals surface area (Å²) in [5.41, 5.74) is 0.471. The van der Waals surface area contributed by atoms with E-state index in [1.54, 1.807) is 6.92 Å². The van der Waals surface area contributed by atoms with Gasteiger partial charge in [-0.25, -0.2) is 16.8 Å². The van der Waals surface area contributed by atoms with Gasteiger partial charge in [0.15, 0.2) is 0 Å². The first-order valence-corrected chi connectivity index (χ1v) is 10.2. The molecule has 21 heavy (non-hydrogen) atoms. The van der Waals surface area contributed by atoms with Gasteiger partial charge in [-0.3, -0.25) is 4.72 Å². The molecule has 1 aromatic carbocycles. The number of nitrogens with one attached hydrogen (secondary N) is 1. The normalized spacial score (nSPS) is 12.4. The maximum atomic E-state index is 11.9. The SMILES string of the molecule is CCOCCS(=O)(=O)Nc1c(C)cc(S(=O)(=O)Cl)cc1Cl. The zero-order valence-electron chi connectivity index (χ0n) is 11.4. The first-order valence-electron chi connectivity index (χ1n) is 5.90. The largest absolute Gasteiger partial charge is 0.381 e. The lowest BCUT2D eigenvalue weighted by atomic mass is 10.2. The molecule has 0 aliphatic heterocycles. The molecule has 0 fully saturated rings. The summed E-state index contributed by atoms with van der Waals surface area (Å²) in [6.45, 7) is 3.75. The highest BCUT2D eigenvalue weighted by atomic mass is 35.7. The minimum absolute atomic E-state index is 0.0470. The van der Waals surface area contributed by atoms with Gasteiger partial charge in [-0.15, -0.1) is 0 Å². The van der Waals surface area contributed by atoms with Crippen molar-refractivity contribution in [1.29, 1.82) is 0 Å². The number of rotatable bonds is 7. The molecule has 0 bridgehead atoms. The van der Waals surface area contributed by atoms with Crippen LogP contribution in [0.4, 0.5) is 5.69 Å². The average Bonchev–Trinajstić information content (AvgIpc) is 2.32. The van der Waals surface area contributed by atoms with Gasteiger partial charge in [-0.1, -0.05) is 11.6 Å². The summed E-state index contributed by atoms with van der Waals surface area (Å²) in [5, 5.41) is -0.0470. The van der Waals surface area contributed by atoms with Gasteiger partial charge >= 0.3 is 0 Å². The zero-order chi connectivity index (χ0) is 16.3. The Morgan fingerprint density at radius 2 is 1.86 bits per heavy atom. The number of sulfonamides is 1. The molecule has 0 unspecified atom stereocenters. The van der Waals surface area contributed by atoms with E-state index in [0.717, 1.165) is 6.07 Å². The molecule has 6 nitrogen and oxygen atoms in total. The van der Waals surface area contributed by atoms with Crippen LogP contribution in [0.15, 0.2) is 17.0 Å². The molecule has 0 saturated carbocycles. The van der Waals surface area contributed by atoms with Crippen molar-refractivity contribution < 1.29 is 21.6 Å². The first-order chi connectivity index (χ1) is 9.57. The zero-order valence-corrected chi connectivity index (χ0v) is 14.5. The summed E-state index contributed by atoms with van der Waals surface area (Å²) < 4.78 is 53.6. The Bertz CT molecular complexity index is 693. The number of aryl methyl sites for hydroxylation is 1. The van der Waals surface area contributed by atoms with Crippen molar-refractivity contribution in [3.8, 4) is 0 Å². The maximum absolute atomic E-state index is 11.9. The van der Waals surface area contributed by atoms with E-state index >= 15 is 0 Å². The molecule has 0 aliphatic rings. The van der Waals surface area contributed by atoms with Crippen LogP contribution in [0.25, 0.3) is 0 Å². The molecule has 0 amide bonds. The monoisotopic (exact) mass is 375 g/mol. The van der Waals surface area contributed by atoms with Gasteiger partial charge in [0.05, 0.1) is 28.0 Å². The quantitative estimate of drug-likeness (QED) is 0.583. The van der Waals surface area contributed by atoms with E-state index in [0.29, 0.717) is 12.2 Å². The predicted molar refractivity (Wildman–Crippen MR) is 83.1 cm³/mol. The fourth-order valence-corrected chi connectivity index (χ4v) is 3.80. The lowest BCUT2D eigenvalue weighted by Gasteiger charge is -2.13. The van der Waals surface area contributed by atoms with Crippen LogP contribution in [0, 0.1) is 6.92 Å². The smallest absolute Gasteiger partial charge is 0.261 e. The number of anilines is 1. The van der Waals surface area contributed by atoms with Gasteiger partial charge in [0.1, 0.15) is 0 Å². The first kappa shape index (κ1) is 18.5. The second kappa shape index (κ2) is 7.15. The Morgan fingerprint density at radius 1 is 1.24 bits per heavy atom. The second-order valence-electron chi connectivity index (χ2n) is 4.15. The molecule has 10 heteroatoms.